The van der Waals surface area contributed by atoms with Crippen LogP contribution in [0.5, 0.6) is 5.75 Å². The summed E-state index contributed by atoms with van der Waals surface area (Å²) in [6.07, 6.45) is 1.94. The molecule has 1 aliphatic heterocycles. The number of carboxylic acids is 1. The van der Waals surface area contributed by atoms with Crippen molar-refractivity contribution in [2.75, 3.05) is 6.54 Å². The number of piperidine rings is 1. The van der Waals surface area contributed by atoms with Crippen LogP contribution in [0.4, 0.5) is 0 Å². The van der Waals surface area contributed by atoms with E-state index in [-0.39, 0.29) is 11.2 Å². The third kappa shape index (κ3) is 3.07. The third-order valence-corrected chi connectivity index (χ3v) is 3.90. The summed E-state index contributed by atoms with van der Waals surface area (Å²) < 4.78 is 0. The summed E-state index contributed by atoms with van der Waals surface area (Å²) in [5.41, 5.74) is 0.727. The normalized spacial score (nSPS) is 23.2. The Kier molecular flexibility index (Phi) is 3.80. The van der Waals surface area contributed by atoms with E-state index in [4.69, 9.17) is 0 Å². The van der Waals surface area contributed by atoms with Gasteiger partial charge < -0.3 is 10.2 Å². The summed E-state index contributed by atoms with van der Waals surface area (Å²) in [7, 11) is 0. The molecule has 1 unspecified atom stereocenters. The third-order valence-electron chi connectivity index (χ3n) is 3.90. The van der Waals surface area contributed by atoms with Crippen molar-refractivity contribution < 1.29 is 15.0 Å². The molecule has 1 heterocycles. The molecule has 4 nitrogen and oxygen atoms in total. The molecule has 1 aromatic rings. The number of phenolic OH excluding ortho intramolecular Hbond substituents is 1. The lowest BCUT2D eigenvalue weighted by Crippen LogP contribution is -2.53. The first-order valence-electron chi connectivity index (χ1n) is 6.65. The molecule has 2 N–H and O–H groups in total. The van der Waals surface area contributed by atoms with Crippen LogP contribution < -0.4 is 0 Å². The molecule has 0 spiro atoms. The number of likely N-dealkylation sites (tertiary alicyclic amines) is 1. The number of benzene rings is 1. The maximum Gasteiger partial charge on any atom is 0.321 e. The summed E-state index contributed by atoms with van der Waals surface area (Å²) >= 11 is 0. The van der Waals surface area contributed by atoms with E-state index in [9.17, 15) is 15.0 Å². The minimum Gasteiger partial charge on any atom is -0.508 e. The van der Waals surface area contributed by atoms with Crippen molar-refractivity contribution in [1.82, 2.24) is 4.90 Å². The monoisotopic (exact) mass is 263 g/mol. The zero-order chi connectivity index (χ0) is 14.0. The lowest BCUT2D eigenvalue weighted by molar-refractivity contribution is -0.151. The number of aromatic hydroxyl groups is 1. The Morgan fingerprint density at radius 2 is 2.21 bits per heavy atom. The van der Waals surface area contributed by atoms with Gasteiger partial charge in [-0.15, -0.1) is 0 Å². The van der Waals surface area contributed by atoms with Gasteiger partial charge in [0.1, 0.15) is 11.8 Å². The Morgan fingerprint density at radius 1 is 1.47 bits per heavy atom. The summed E-state index contributed by atoms with van der Waals surface area (Å²) in [6.45, 7) is 5.38. The number of nitrogens with zero attached hydrogens (tertiary/aromatic N) is 1. The highest BCUT2D eigenvalue weighted by Gasteiger charge is 2.42. The van der Waals surface area contributed by atoms with Crippen LogP contribution in [0, 0.1) is 5.41 Å². The first-order chi connectivity index (χ1) is 8.90. The van der Waals surface area contributed by atoms with Gasteiger partial charge in [0.2, 0.25) is 0 Å². The number of aliphatic carboxylic acids is 1. The number of hydrogen-bond donors (Lipinski definition) is 2. The van der Waals surface area contributed by atoms with E-state index in [1.54, 1.807) is 18.2 Å². The Morgan fingerprint density at radius 3 is 2.84 bits per heavy atom. The fraction of sp³-hybridized carbons (Fsp3) is 0.533. The highest BCUT2D eigenvalue weighted by Crippen LogP contribution is 2.36. The zero-order valence-corrected chi connectivity index (χ0v) is 11.5. The van der Waals surface area contributed by atoms with Crippen LogP contribution in [-0.2, 0) is 11.3 Å². The Hall–Kier alpha value is -1.55. The summed E-state index contributed by atoms with van der Waals surface area (Å²) in [6, 6.07) is 6.55. The second kappa shape index (κ2) is 5.21. The molecule has 0 aromatic heterocycles. The van der Waals surface area contributed by atoms with E-state index in [0.29, 0.717) is 6.54 Å². The minimum atomic E-state index is -0.759. The fourth-order valence-corrected chi connectivity index (χ4v) is 3.05. The first-order valence-corrected chi connectivity index (χ1v) is 6.65. The molecular formula is C15H21NO3. The highest BCUT2D eigenvalue weighted by atomic mass is 16.4. The lowest BCUT2D eigenvalue weighted by atomic mass is 9.76. The maximum atomic E-state index is 11.5. The van der Waals surface area contributed by atoms with Gasteiger partial charge in [-0.3, -0.25) is 9.69 Å². The lowest BCUT2D eigenvalue weighted by Gasteiger charge is -2.44. The fourth-order valence-electron chi connectivity index (χ4n) is 3.05. The van der Waals surface area contributed by atoms with Crippen LogP contribution in [0.15, 0.2) is 24.3 Å². The molecule has 19 heavy (non-hydrogen) atoms. The highest BCUT2D eigenvalue weighted by molar-refractivity contribution is 5.74. The minimum absolute atomic E-state index is 0.221. The van der Waals surface area contributed by atoms with Crippen molar-refractivity contribution >= 4 is 5.97 Å². The van der Waals surface area contributed by atoms with E-state index in [2.05, 4.69) is 0 Å². The second-order valence-electron chi connectivity index (χ2n) is 5.97. The smallest absolute Gasteiger partial charge is 0.321 e. The van der Waals surface area contributed by atoms with Crippen molar-refractivity contribution in [3.63, 3.8) is 0 Å². The Bertz CT molecular complexity index is 470. The first kappa shape index (κ1) is 13.9. The van der Waals surface area contributed by atoms with E-state index in [1.807, 2.05) is 24.8 Å². The molecule has 0 radical (unpaired) electrons. The predicted molar refractivity (Wildman–Crippen MR) is 73.0 cm³/mol. The zero-order valence-electron chi connectivity index (χ0n) is 11.5. The van der Waals surface area contributed by atoms with Crippen LogP contribution in [-0.4, -0.2) is 33.7 Å². The number of carboxylic acid groups (broad SMARTS) is 1. The van der Waals surface area contributed by atoms with Gasteiger partial charge in [-0.05, 0) is 42.5 Å². The standard InChI is InChI=1S/C15H21NO3/c1-15(2)7-4-8-16(13(15)14(18)19)10-11-5-3-6-12(17)9-11/h3,5-6,9,13,17H,4,7-8,10H2,1-2H3,(H,18,19). The topological polar surface area (TPSA) is 60.8 Å². The van der Waals surface area contributed by atoms with Crippen LogP contribution in [0.3, 0.4) is 0 Å². The van der Waals surface area contributed by atoms with Crippen molar-refractivity contribution in [3.8, 4) is 5.75 Å². The van der Waals surface area contributed by atoms with Gasteiger partial charge in [0, 0.05) is 6.54 Å². The molecule has 104 valence electrons. The van der Waals surface area contributed by atoms with Gasteiger partial charge in [0.05, 0.1) is 0 Å². The van der Waals surface area contributed by atoms with Crippen molar-refractivity contribution in [2.24, 2.45) is 5.41 Å². The number of carbonyl (C=O) groups is 1. The SMILES string of the molecule is CC1(C)CCCN(Cc2cccc(O)c2)C1C(=O)O. The van der Waals surface area contributed by atoms with Crippen molar-refractivity contribution in [3.05, 3.63) is 29.8 Å². The average molecular weight is 263 g/mol. The Labute approximate surface area is 113 Å². The molecule has 1 aliphatic rings. The molecule has 0 saturated carbocycles. The molecule has 0 aliphatic carbocycles. The second-order valence-corrected chi connectivity index (χ2v) is 5.97. The van der Waals surface area contributed by atoms with Crippen molar-refractivity contribution in [1.29, 1.82) is 0 Å². The van der Waals surface area contributed by atoms with E-state index < -0.39 is 12.0 Å². The van der Waals surface area contributed by atoms with Crippen LogP contribution in [0.1, 0.15) is 32.3 Å². The molecule has 1 atom stereocenters. The number of hydrogen-bond acceptors (Lipinski definition) is 3. The van der Waals surface area contributed by atoms with Gasteiger partial charge in [0.25, 0.3) is 0 Å². The van der Waals surface area contributed by atoms with Crippen LogP contribution in [0.25, 0.3) is 0 Å². The molecule has 1 aromatic carbocycles. The predicted octanol–water partition coefficient (Wildman–Crippen LogP) is 2.47. The number of phenols is 1. The molecule has 1 fully saturated rings. The largest absolute Gasteiger partial charge is 0.508 e. The molecule has 0 amide bonds. The molecule has 4 heteroatoms. The molecule has 1 saturated heterocycles. The molecular weight excluding hydrogens is 242 g/mol. The van der Waals surface area contributed by atoms with Crippen molar-refractivity contribution in [2.45, 2.75) is 39.3 Å². The van der Waals surface area contributed by atoms with E-state index in [0.717, 1.165) is 24.9 Å². The van der Waals surface area contributed by atoms with Gasteiger partial charge in [-0.1, -0.05) is 26.0 Å². The Balaban J connectivity index is 2.20. The number of rotatable bonds is 3. The average Bonchev–Trinajstić information content (AvgIpc) is 2.26. The summed E-state index contributed by atoms with van der Waals surface area (Å²) in [4.78, 5) is 13.5. The molecule has 2 rings (SSSR count). The van der Waals surface area contributed by atoms with E-state index >= 15 is 0 Å². The summed E-state index contributed by atoms with van der Waals surface area (Å²) in [5, 5.41) is 19.0. The van der Waals surface area contributed by atoms with Crippen LogP contribution >= 0.6 is 0 Å². The van der Waals surface area contributed by atoms with Gasteiger partial charge in [-0.2, -0.15) is 0 Å². The van der Waals surface area contributed by atoms with Crippen LogP contribution in [0.2, 0.25) is 0 Å². The van der Waals surface area contributed by atoms with Gasteiger partial charge >= 0.3 is 5.97 Å². The quantitative estimate of drug-likeness (QED) is 0.879. The van der Waals surface area contributed by atoms with E-state index in [1.165, 1.54) is 0 Å². The summed E-state index contributed by atoms with van der Waals surface area (Å²) in [5.74, 6) is -0.537. The van der Waals surface area contributed by atoms with Gasteiger partial charge in [-0.25, -0.2) is 0 Å². The maximum absolute atomic E-state index is 11.5. The van der Waals surface area contributed by atoms with Gasteiger partial charge in [0.15, 0.2) is 0 Å². The molecule has 0 bridgehead atoms.